The van der Waals surface area contributed by atoms with Gasteiger partial charge in [0.1, 0.15) is 24.6 Å². The first-order valence-electron chi connectivity index (χ1n) is 17.8. The van der Waals surface area contributed by atoms with Gasteiger partial charge >= 0.3 is 64.2 Å². The summed E-state index contributed by atoms with van der Waals surface area (Å²) in [6.45, 7) is 14.0. The van der Waals surface area contributed by atoms with Crippen LogP contribution in [0.2, 0.25) is 0 Å². The van der Waals surface area contributed by atoms with Gasteiger partial charge in [-0.05, 0) is 64.5 Å². The monoisotopic (exact) mass is 781 g/mol. The Morgan fingerprint density at radius 2 is 1.70 bits per heavy atom. The fraction of sp³-hybridized carbons (Fsp3) is 0.838. The molecule has 282 valence electrons. The van der Waals surface area contributed by atoms with E-state index in [1.54, 1.807) is 25.2 Å². The van der Waals surface area contributed by atoms with Crippen LogP contribution in [-0.2, 0) is 38.0 Å². The number of aliphatic hydroxyl groups is 2. The molecule has 0 spiro atoms. The van der Waals surface area contributed by atoms with Gasteiger partial charge in [-0.15, -0.1) is 0 Å². The van der Waals surface area contributed by atoms with E-state index in [-0.39, 0.29) is 88.5 Å². The van der Waals surface area contributed by atoms with Crippen molar-refractivity contribution in [2.45, 2.75) is 154 Å². The quantitative estimate of drug-likeness (QED) is 0.247. The molecule has 2 N–H and O–H groups in total. The van der Waals surface area contributed by atoms with Crippen molar-refractivity contribution in [1.29, 1.82) is 0 Å². The molecule has 0 amide bonds. The summed E-state index contributed by atoms with van der Waals surface area (Å²) in [6, 6.07) is -0.592. The van der Waals surface area contributed by atoms with Crippen LogP contribution in [0.3, 0.4) is 0 Å². The van der Waals surface area contributed by atoms with Crippen LogP contribution in [-0.4, -0.2) is 122 Å². The van der Waals surface area contributed by atoms with Gasteiger partial charge in [0.05, 0.1) is 36.6 Å². The SMILES string of the molecule is CO[C@@H]1[C@@H](O[C@@H]2OC(C)[C@@H](O[C@H]3CC(C)(C)[C@@H](C)C(C)O3)C(N(C)C)C2O)[C@@H](CC=O)C[C@@H](C)[C@@H](O)/C=C/C=C/C[C@@H](C)OC(=O)C[C@@H]1[O-].[Rb+]. The summed E-state index contributed by atoms with van der Waals surface area (Å²) in [4.78, 5) is 26.7. The van der Waals surface area contributed by atoms with E-state index >= 15 is 0 Å². The number of ether oxygens (including phenoxy) is 6. The van der Waals surface area contributed by atoms with Crippen LogP contribution in [0, 0.1) is 23.2 Å². The summed E-state index contributed by atoms with van der Waals surface area (Å²) < 4.78 is 36.9. The van der Waals surface area contributed by atoms with Gasteiger partial charge in [-0.2, -0.15) is 0 Å². The van der Waals surface area contributed by atoms with Crippen LogP contribution in [0.15, 0.2) is 24.3 Å². The third-order valence-corrected chi connectivity index (χ3v) is 10.8. The average Bonchev–Trinajstić information content (AvgIpc) is 3.00. The van der Waals surface area contributed by atoms with Crippen molar-refractivity contribution in [2.75, 3.05) is 21.2 Å². The van der Waals surface area contributed by atoms with Crippen molar-refractivity contribution in [2.24, 2.45) is 23.2 Å². The van der Waals surface area contributed by atoms with Gasteiger partial charge in [-0.1, -0.05) is 58.1 Å². The molecule has 12 nitrogen and oxygen atoms in total. The van der Waals surface area contributed by atoms with Gasteiger partial charge in [-0.3, -0.25) is 4.79 Å². The van der Waals surface area contributed by atoms with E-state index in [9.17, 15) is 24.9 Å². The van der Waals surface area contributed by atoms with Crippen LogP contribution in [0.4, 0.5) is 0 Å². The summed E-state index contributed by atoms with van der Waals surface area (Å²) in [5.74, 6) is -1.32. The van der Waals surface area contributed by atoms with Crippen molar-refractivity contribution in [1.82, 2.24) is 4.90 Å². The number of carbonyl (C=O) groups excluding carboxylic acids is 2. The second-order valence-corrected chi connectivity index (χ2v) is 15.3. The maximum atomic E-state index is 13.8. The largest absolute Gasteiger partial charge is 1.00 e. The number of esters is 1. The zero-order valence-electron chi connectivity index (χ0n) is 32.1. The fourth-order valence-electron chi connectivity index (χ4n) is 7.35. The summed E-state index contributed by atoms with van der Waals surface area (Å²) >= 11 is 0. The van der Waals surface area contributed by atoms with E-state index in [1.807, 2.05) is 45.8 Å². The third-order valence-electron chi connectivity index (χ3n) is 10.8. The average molecular weight is 782 g/mol. The van der Waals surface area contributed by atoms with E-state index < -0.39 is 85.8 Å². The fourth-order valence-corrected chi connectivity index (χ4v) is 7.35. The molecule has 0 aliphatic carbocycles. The second kappa shape index (κ2) is 21.2. The third kappa shape index (κ3) is 12.6. The van der Waals surface area contributed by atoms with Gasteiger partial charge in [0.15, 0.2) is 12.6 Å². The Balaban J connectivity index is 0.00000867. The molecule has 4 unspecified atom stereocenters. The van der Waals surface area contributed by atoms with Crippen LogP contribution in [0.1, 0.15) is 80.6 Å². The molecule has 0 aromatic carbocycles. The maximum Gasteiger partial charge on any atom is 1.00 e. The van der Waals surface area contributed by atoms with E-state index in [4.69, 9.17) is 28.4 Å². The summed E-state index contributed by atoms with van der Waals surface area (Å²) in [5, 5.41) is 36.6. The molecule has 0 saturated carbocycles. The minimum Gasteiger partial charge on any atom is -0.850 e. The van der Waals surface area contributed by atoms with Crippen LogP contribution in [0.5, 0.6) is 0 Å². The molecule has 3 rings (SSSR count). The number of nitrogens with zero attached hydrogens (tertiary/aromatic N) is 1. The minimum atomic E-state index is -1.62. The smallest absolute Gasteiger partial charge is 0.850 e. The number of aldehydes is 1. The van der Waals surface area contributed by atoms with Gasteiger partial charge < -0.3 is 53.4 Å². The van der Waals surface area contributed by atoms with E-state index in [0.29, 0.717) is 18.8 Å². The Morgan fingerprint density at radius 1 is 1.02 bits per heavy atom. The van der Waals surface area contributed by atoms with Gasteiger partial charge in [0.25, 0.3) is 0 Å². The topological polar surface area (TPSA) is 156 Å². The number of allylic oxidation sites excluding steroid dienone is 2. The minimum absolute atomic E-state index is 0. The number of cyclic esters (lactones) is 1. The number of methoxy groups -OCH3 is 1. The Hall–Kier alpha value is 0.0652. The first kappa shape index (κ1) is 46.2. The molecule has 50 heavy (non-hydrogen) atoms. The zero-order valence-corrected chi connectivity index (χ0v) is 37.0. The molecule has 0 aromatic heterocycles. The van der Waals surface area contributed by atoms with Crippen molar-refractivity contribution in [3.63, 3.8) is 0 Å². The van der Waals surface area contributed by atoms with Gasteiger partial charge in [0.2, 0.25) is 0 Å². The second-order valence-electron chi connectivity index (χ2n) is 15.3. The Morgan fingerprint density at radius 3 is 2.30 bits per heavy atom. The number of aliphatic hydroxyl groups excluding tert-OH is 2. The van der Waals surface area contributed by atoms with Gasteiger partial charge in [0, 0.05) is 32.8 Å². The zero-order chi connectivity index (χ0) is 36.6. The molecule has 3 heterocycles. The van der Waals surface area contributed by atoms with Crippen LogP contribution >= 0.6 is 0 Å². The normalized spacial score (nSPS) is 43.3. The molecule has 0 bridgehead atoms. The molecule has 0 radical (unpaired) electrons. The van der Waals surface area contributed by atoms with Crippen molar-refractivity contribution < 1.29 is 112 Å². The number of hydrogen-bond acceptors (Lipinski definition) is 12. The molecule has 0 aromatic rings. The molecule has 2 fully saturated rings. The number of carbonyl (C=O) groups is 2. The van der Waals surface area contributed by atoms with Crippen molar-refractivity contribution in [3.8, 4) is 0 Å². The summed E-state index contributed by atoms with van der Waals surface area (Å²) in [7, 11) is 5.02. The van der Waals surface area contributed by atoms with Crippen LogP contribution in [0.25, 0.3) is 0 Å². The standard InChI is InChI=1S/C37H62NO11.Rb/c1-21-18-26(16-17-39)34(35(44-10)28(41)19-29(42)45-22(2)14-12-11-13-15-27(21)40)49-36-32(43)31(38(8)9)33(25(5)47-36)48-30-20-37(6,7)23(3)24(4)46-30;/h11-13,15,17,21-28,30-36,40,43H,14,16,18-20H2,1-10H3;/q-1;+1/b12-11+,15-13+;/t21-,22-,23+,24?,25?,26+,27+,28+,30+,31?,32?,33-,34+,35+,36+;/m1./s1. The van der Waals surface area contributed by atoms with E-state index in [0.717, 1.165) is 6.29 Å². The van der Waals surface area contributed by atoms with Crippen LogP contribution < -0.4 is 63.3 Å². The first-order valence-corrected chi connectivity index (χ1v) is 17.8. The van der Waals surface area contributed by atoms with E-state index in [2.05, 4.69) is 20.8 Å². The molecule has 3 aliphatic heterocycles. The molecular formula is C37H62NO11Rb. The predicted molar refractivity (Wildman–Crippen MR) is 181 cm³/mol. The van der Waals surface area contributed by atoms with Crippen molar-refractivity contribution in [3.05, 3.63) is 24.3 Å². The molecule has 3 aliphatic rings. The number of hydrogen-bond donors (Lipinski definition) is 2. The summed E-state index contributed by atoms with van der Waals surface area (Å²) in [5.41, 5.74) is -0.0253. The first-order chi connectivity index (χ1) is 23.0. The predicted octanol–water partition coefficient (Wildman–Crippen LogP) is -0.232. The van der Waals surface area contributed by atoms with Crippen molar-refractivity contribution >= 4 is 12.3 Å². The summed E-state index contributed by atoms with van der Waals surface area (Å²) in [6.07, 6.45) is -0.868. The Kier molecular flexibility index (Phi) is 19.6. The molecule has 15 atom stereocenters. The van der Waals surface area contributed by atoms with Gasteiger partial charge in [-0.25, -0.2) is 0 Å². The Labute approximate surface area is 348 Å². The van der Waals surface area contributed by atoms with E-state index in [1.165, 1.54) is 7.11 Å². The maximum absolute atomic E-state index is 13.8. The molecule has 2 saturated heterocycles. The molecule has 13 heteroatoms. The number of rotatable bonds is 8. The molecular weight excluding hydrogens is 720 g/mol. The Bertz CT molecular complexity index is 1110. The number of likely N-dealkylation sites (N-methyl/N-ethyl adjacent to an activating group) is 1.